The van der Waals surface area contributed by atoms with Crippen LogP contribution in [-0.2, 0) is 0 Å². The van der Waals surface area contributed by atoms with Crippen LogP contribution in [0, 0.1) is 11.6 Å². The van der Waals surface area contributed by atoms with Gasteiger partial charge in [-0.15, -0.1) is 11.3 Å². The molecule has 1 aromatic heterocycles. The Balaban J connectivity index is 2.31. The minimum atomic E-state index is -0.944. The summed E-state index contributed by atoms with van der Waals surface area (Å²) in [5.74, 6) is -2.50. The van der Waals surface area contributed by atoms with Gasteiger partial charge >= 0.3 is 0 Å². The average molecular weight is 255 g/mol. The van der Waals surface area contributed by atoms with Gasteiger partial charge in [0.15, 0.2) is 10.9 Å². The largest absolute Gasteiger partial charge is 0.396 e. The topological polar surface area (TPSA) is 68.0 Å². The van der Waals surface area contributed by atoms with Crippen molar-refractivity contribution in [1.82, 2.24) is 4.98 Å². The van der Waals surface area contributed by atoms with Crippen LogP contribution in [-0.4, -0.2) is 10.9 Å². The van der Waals surface area contributed by atoms with Crippen molar-refractivity contribution in [1.29, 1.82) is 0 Å². The lowest BCUT2D eigenvalue weighted by Gasteiger charge is -2.05. The van der Waals surface area contributed by atoms with Gasteiger partial charge in [-0.05, 0) is 12.1 Å². The van der Waals surface area contributed by atoms with Gasteiger partial charge < -0.3 is 5.73 Å². The monoisotopic (exact) mass is 255 g/mol. The number of benzene rings is 1. The number of amides is 1. The fourth-order valence-corrected chi connectivity index (χ4v) is 1.75. The molecule has 0 saturated carbocycles. The van der Waals surface area contributed by atoms with Crippen molar-refractivity contribution in [2.75, 3.05) is 11.1 Å². The molecule has 0 aliphatic carbocycles. The van der Waals surface area contributed by atoms with Crippen molar-refractivity contribution in [3.63, 3.8) is 0 Å². The van der Waals surface area contributed by atoms with Gasteiger partial charge in [-0.3, -0.25) is 10.1 Å². The van der Waals surface area contributed by atoms with Crippen LogP contribution in [0.3, 0.4) is 0 Å². The number of hydrogen-bond acceptors (Lipinski definition) is 4. The molecule has 1 aromatic carbocycles. The van der Waals surface area contributed by atoms with E-state index in [9.17, 15) is 13.6 Å². The maximum atomic E-state index is 13.5. The summed E-state index contributed by atoms with van der Waals surface area (Å²) in [5.41, 5.74) is 4.37. The molecule has 0 saturated heterocycles. The molecule has 0 unspecified atom stereocenters. The van der Waals surface area contributed by atoms with Crippen molar-refractivity contribution in [3.05, 3.63) is 40.9 Å². The maximum Gasteiger partial charge on any atom is 0.260 e. The van der Waals surface area contributed by atoms with Crippen molar-refractivity contribution >= 4 is 28.1 Å². The zero-order valence-electron chi connectivity index (χ0n) is 8.41. The van der Waals surface area contributed by atoms with Crippen LogP contribution in [0.15, 0.2) is 23.7 Å². The summed E-state index contributed by atoms with van der Waals surface area (Å²) >= 11 is 1.17. The Morgan fingerprint density at radius 3 is 2.82 bits per heavy atom. The Labute approximate surface area is 99.1 Å². The van der Waals surface area contributed by atoms with E-state index in [2.05, 4.69) is 10.3 Å². The smallest absolute Gasteiger partial charge is 0.260 e. The molecule has 0 aliphatic heterocycles. The third-order valence-corrected chi connectivity index (χ3v) is 2.65. The van der Waals surface area contributed by atoms with Crippen molar-refractivity contribution in [2.45, 2.75) is 0 Å². The average Bonchev–Trinajstić information content (AvgIpc) is 2.76. The second-order valence-electron chi connectivity index (χ2n) is 3.15. The number of nitrogens with zero attached hydrogens (tertiary/aromatic N) is 1. The highest BCUT2D eigenvalue weighted by Gasteiger charge is 2.16. The molecule has 0 aliphatic rings. The Morgan fingerprint density at radius 2 is 2.18 bits per heavy atom. The van der Waals surface area contributed by atoms with Crippen LogP contribution >= 0.6 is 11.3 Å². The number of carbonyl (C=O) groups is 1. The van der Waals surface area contributed by atoms with Crippen LogP contribution in [0.2, 0.25) is 0 Å². The fraction of sp³-hybridized carbons (Fsp3) is 0. The predicted molar refractivity (Wildman–Crippen MR) is 60.8 cm³/mol. The van der Waals surface area contributed by atoms with Crippen LogP contribution in [0.4, 0.5) is 19.6 Å². The Hall–Kier alpha value is -2.02. The van der Waals surface area contributed by atoms with E-state index < -0.39 is 28.8 Å². The number of nitrogens with one attached hydrogen (secondary N) is 1. The standard InChI is InChI=1S/C10H7F2N3OS/c11-5-3-6(8(12)7(13)4-5)9(16)15-10-14-1-2-17-10/h1-4H,13H2,(H,14,15,16). The SMILES string of the molecule is Nc1cc(F)cc(C(=O)Nc2nccs2)c1F. The van der Waals surface area contributed by atoms with E-state index in [1.807, 2.05) is 0 Å². The first-order valence-corrected chi connectivity index (χ1v) is 5.41. The number of rotatable bonds is 2. The highest BCUT2D eigenvalue weighted by molar-refractivity contribution is 7.13. The zero-order valence-corrected chi connectivity index (χ0v) is 9.22. The number of thiazole rings is 1. The lowest BCUT2D eigenvalue weighted by molar-refractivity contribution is 0.102. The molecule has 0 atom stereocenters. The molecular formula is C10H7F2N3OS. The first-order valence-electron chi connectivity index (χ1n) is 4.53. The van der Waals surface area contributed by atoms with Gasteiger partial charge in [0.2, 0.25) is 0 Å². The van der Waals surface area contributed by atoms with Crippen LogP contribution in [0.1, 0.15) is 10.4 Å². The summed E-state index contributed by atoms with van der Waals surface area (Å²) in [7, 11) is 0. The molecule has 7 heteroatoms. The van der Waals surface area contributed by atoms with Crippen molar-refractivity contribution < 1.29 is 13.6 Å². The molecular weight excluding hydrogens is 248 g/mol. The number of nitrogen functional groups attached to an aromatic ring is 1. The van der Waals surface area contributed by atoms with E-state index in [0.29, 0.717) is 5.13 Å². The molecule has 88 valence electrons. The summed E-state index contributed by atoms with van der Waals surface area (Å²) < 4.78 is 26.5. The number of halogens is 2. The van der Waals surface area contributed by atoms with Gasteiger partial charge in [0.25, 0.3) is 5.91 Å². The van der Waals surface area contributed by atoms with Gasteiger partial charge in [0, 0.05) is 11.6 Å². The normalized spacial score (nSPS) is 10.2. The number of carbonyl (C=O) groups excluding carboxylic acids is 1. The summed E-state index contributed by atoms with van der Waals surface area (Å²) in [5, 5.41) is 4.29. The number of anilines is 2. The molecule has 0 radical (unpaired) electrons. The minimum absolute atomic E-state index is 0.303. The molecule has 0 spiro atoms. The van der Waals surface area contributed by atoms with E-state index in [0.717, 1.165) is 12.1 Å². The van der Waals surface area contributed by atoms with Crippen LogP contribution in [0.5, 0.6) is 0 Å². The summed E-state index contributed by atoms with van der Waals surface area (Å²) in [6, 6.07) is 1.60. The van der Waals surface area contributed by atoms with E-state index >= 15 is 0 Å². The first kappa shape index (κ1) is 11.5. The Bertz CT molecular complexity index is 557. The van der Waals surface area contributed by atoms with Crippen LogP contribution < -0.4 is 11.1 Å². The molecule has 0 bridgehead atoms. The lowest BCUT2D eigenvalue weighted by Crippen LogP contribution is -2.15. The molecule has 4 nitrogen and oxygen atoms in total. The number of nitrogens with two attached hydrogens (primary N) is 1. The molecule has 3 N–H and O–H groups in total. The molecule has 1 amide bonds. The molecule has 2 aromatic rings. The second-order valence-corrected chi connectivity index (χ2v) is 4.04. The fourth-order valence-electron chi connectivity index (χ4n) is 1.23. The van der Waals surface area contributed by atoms with E-state index in [4.69, 9.17) is 5.73 Å². The maximum absolute atomic E-state index is 13.5. The van der Waals surface area contributed by atoms with Gasteiger partial charge in [0.1, 0.15) is 5.82 Å². The minimum Gasteiger partial charge on any atom is -0.396 e. The van der Waals surface area contributed by atoms with E-state index in [1.165, 1.54) is 17.5 Å². The summed E-state index contributed by atoms with van der Waals surface area (Å²) in [4.78, 5) is 15.4. The van der Waals surface area contributed by atoms with Gasteiger partial charge in [0.05, 0.1) is 11.3 Å². The summed E-state index contributed by atoms with van der Waals surface area (Å²) in [6.07, 6.45) is 1.48. The van der Waals surface area contributed by atoms with Gasteiger partial charge in [-0.1, -0.05) is 0 Å². The van der Waals surface area contributed by atoms with Crippen LogP contribution in [0.25, 0.3) is 0 Å². The summed E-state index contributed by atoms with van der Waals surface area (Å²) in [6.45, 7) is 0. The highest BCUT2D eigenvalue weighted by Crippen LogP contribution is 2.19. The van der Waals surface area contributed by atoms with Gasteiger partial charge in [-0.2, -0.15) is 0 Å². The molecule has 1 heterocycles. The number of aromatic nitrogens is 1. The molecule has 17 heavy (non-hydrogen) atoms. The lowest BCUT2D eigenvalue weighted by atomic mass is 10.1. The molecule has 2 rings (SSSR count). The quantitative estimate of drug-likeness (QED) is 0.809. The third kappa shape index (κ3) is 2.39. The van der Waals surface area contributed by atoms with E-state index in [-0.39, 0.29) is 0 Å². The molecule has 0 fully saturated rings. The zero-order chi connectivity index (χ0) is 12.4. The van der Waals surface area contributed by atoms with Crippen molar-refractivity contribution in [2.24, 2.45) is 0 Å². The van der Waals surface area contributed by atoms with Crippen molar-refractivity contribution in [3.8, 4) is 0 Å². The first-order chi connectivity index (χ1) is 8.08. The third-order valence-electron chi connectivity index (χ3n) is 1.96. The Kier molecular flexibility index (Phi) is 3.01. The van der Waals surface area contributed by atoms with Gasteiger partial charge in [-0.25, -0.2) is 13.8 Å². The van der Waals surface area contributed by atoms with E-state index in [1.54, 1.807) is 5.38 Å². The predicted octanol–water partition coefficient (Wildman–Crippen LogP) is 2.26. The highest BCUT2D eigenvalue weighted by atomic mass is 32.1. The number of hydrogen-bond donors (Lipinski definition) is 2. The Morgan fingerprint density at radius 1 is 1.41 bits per heavy atom. The second kappa shape index (κ2) is 4.46.